The summed E-state index contributed by atoms with van der Waals surface area (Å²) in [5.74, 6) is -4.40. The molecule has 4 rings (SSSR count). The number of esters is 4. The summed E-state index contributed by atoms with van der Waals surface area (Å²) in [6.07, 6.45) is 1.75. The molecular formula is C42H56O13. The van der Waals surface area contributed by atoms with Gasteiger partial charge >= 0.3 is 23.9 Å². The fourth-order valence-corrected chi connectivity index (χ4v) is 6.55. The van der Waals surface area contributed by atoms with Crippen molar-refractivity contribution in [3.63, 3.8) is 0 Å². The van der Waals surface area contributed by atoms with Crippen LogP contribution in [0.4, 0.5) is 0 Å². The number of rotatable bonds is 12. The highest BCUT2D eigenvalue weighted by molar-refractivity contribution is 5.94. The van der Waals surface area contributed by atoms with Gasteiger partial charge in [0, 0.05) is 18.9 Å². The predicted octanol–water partition coefficient (Wildman–Crippen LogP) is 6.25. The van der Waals surface area contributed by atoms with Gasteiger partial charge in [-0.25, -0.2) is 9.59 Å². The Bertz CT molecular complexity index is 1650. The molecule has 4 atom stereocenters. The van der Waals surface area contributed by atoms with Crippen molar-refractivity contribution in [2.24, 2.45) is 5.41 Å². The first-order valence-electron chi connectivity index (χ1n) is 19.1. The van der Waals surface area contributed by atoms with Crippen molar-refractivity contribution in [2.75, 3.05) is 26.9 Å². The Kier molecular flexibility index (Phi) is 15.7. The third-order valence-electron chi connectivity index (χ3n) is 9.62. The number of hydrogen-bond donors (Lipinski definition) is 2. The zero-order valence-corrected chi connectivity index (χ0v) is 32.8. The van der Waals surface area contributed by atoms with Gasteiger partial charge in [-0.1, -0.05) is 64.7 Å². The molecule has 2 bridgehead atoms. The molecule has 1 saturated heterocycles. The molecule has 0 saturated carbocycles. The molecule has 13 heteroatoms. The quantitative estimate of drug-likeness (QED) is 0.108. The molecule has 0 aliphatic carbocycles. The van der Waals surface area contributed by atoms with Crippen LogP contribution < -0.4 is 9.47 Å². The number of carbonyl (C=O) groups excluding carboxylic acids is 4. The van der Waals surface area contributed by atoms with Crippen molar-refractivity contribution in [1.29, 1.82) is 0 Å². The van der Waals surface area contributed by atoms with Gasteiger partial charge in [0.15, 0.2) is 6.10 Å². The second-order valence-corrected chi connectivity index (χ2v) is 14.9. The Labute approximate surface area is 323 Å². The first-order valence-corrected chi connectivity index (χ1v) is 19.1. The van der Waals surface area contributed by atoms with Crippen molar-refractivity contribution in [2.45, 2.75) is 123 Å². The Balaban J connectivity index is 1.73. The van der Waals surface area contributed by atoms with E-state index in [2.05, 4.69) is 6.92 Å². The number of ether oxygens (including phenoxy) is 7. The van der Waals surface area contributed by atoms with Crippen molar-refractivity contribution in [1.82, 2.24) is 0 Å². The number of benzene rings is 2. The molecule has 2 aromatic carbocycles. The maximum absolute atomic E-state index is 13.9. The molecule has 2 heterocycles. The minimum atomic E-state index is -2.39. The van der Waals surface area contributed by atoms with E-state index in [1.165, 1.54) is 7.11 Å². The van der Waals surface area contributed by atoms with Crippen LogP contribution in [0.5, 0.6) is 11.5 Å². The molecule has 0 amide bonds. The Morgan fingerprint density at radius 2 is 1.71 bits per heavy atom. The molecule has 1 fully saturated rings. The summed E-state index contributed by atoms with van der Waals surface area (Å²) >= 11 is 0. The summed E-state index contributed by atoms with van der Waals surface area (Å²) in [5, 5.41) is 22.8. The third-order valence-corrected chi connectivity index (χ3v) is 9.62. The summed E-state index contributed by atoms with van der Waals surface area (Å²) in [4.78, 5) is 52.8. The predicted molar refractivity (Wildman–Crippen MR) is 201 cm³/mol. The Hall–Kier alpha value is -4.46. The first kappa shape index (κ1) is 43.3. The highest BCUT2D eigenvalue weighted by Crippen LogP contribution is 2.46. The molecule has 0 aromatic heterocycles. The van der Waals surface area contributed by atoms with Gasteiger partial charge < -0.3 is 43.4 Å². The lowest BCUT2D eigenvalue weighted by Gasteiger charge is -2.51. The minimum Gasteiger partial charge on any atom is -0.492 e. The zero-order valence-electron chi connectivity index (χ0n) is 32.8. The number of cyclic esters (lactones) is 2. The summed E-state index contributed by atoms with van der Waals surface area (Å²) in [6, 6.07) is 12.3. The van der Waals surface area contributed by atoms with E-state index in [-0.39, 0.29) is 55.3 Å². The SMILES string of the molecule is CCCCCCCC(=O)O[C@H]1/C(=C/C(=O)OC)C[C@H]2C[C@H](CO)OC(=O)CCOc3ccc(-c4ccc(OC(C)C)cc4)cc3C(=O)OCC(C)(C)[C@]1(O)O2. The highest BCUT2D eigenvalue weighted by atomic mass is 16.7. The zero-order chi connectivity index (χ0) is 40.2. The van der Waals surface area contributed by atoms with Gasteiger partial charge in [0.05, 0.1) is 44.4 Å². The number of unbranched alkanes of at least 4 members (excludes halogenated alkanes) is 4. The van der Waals surface area contributed by atoms with Crippen molar-refractivity contribution in [3.05, 3.63) is 59.7 Å². The Morgan fingerprint density at radius 1 is 1.00 bits per heavy atom. The second-order valence-electron chi connectivity index (χ2n) is 14.9. The van der Waals surface area contributed by atoms with Crippen molar-refractivity contribution in [3.8, 4) is 22.6 Å². The second kappa shape index (κ2) is 19.9. The van der Waals surface area contributed by atoms with Crippen LogP contribution in [-0.2, 0) is 38.1 Å². The molecule has 55 heavy (non-hydrogen) atoms. The van der Waals surface area contributed by atoms with Crippen LogP contribution in [0.2, 0.25) is 0 Å². The van der Waals surface area contributed by atoms with Gasteiger partial charge in [-0.05, 0) is 67.7 Å². The topological polar surface area (TPSA) is 173 Å². The molecule has 0 unspecified atom stereocenters. The molecule has 13 nitrogen and oxygen atoms in total. The molecule has 2 N–H and O–H groups in total. The lowest BCUT2D eigenvalue weighted by molar-refractivity contribution is -0.340. The summed E-state index contributed by atoms with van der Waals surface area (Å²) in [6.45, 7) is 7.97. The first-order chi connectivity index (χ1) is 26.2. The van der Waals surface area contributed by atoms with Crippen molar-refractivity contribution < 1.29 is 62.5 Å². The van der Waals surface area contributed by atoms with Crippen LogP contribution >= 0.6 is 0 Å². The van der Waals surface area contributed by atoms with Gasteiger partial charge in [0.1, 0.15) is 29.8 Å². The molecule has 302 valence electrons. The molecule has 2 aliphatic heterocycles. The number of aliphatic hydroxyl groups is 2. The smallest absolute Gasteiger partial charge is 0.341 e. The number of hydrogen-bond acceptors (Lipinski definition) is 13. The molecule has 2 aromatic rings. The summed E-state index contributed by atoms with van der Waals surface area (Å²) < 4.78 is 40.3. The van der Waals surface area contributed by atoms with E-state index in [0.717, 1.165) is 37.3 Å². The number of aliphatic hydroxyl groups excluding tert-OH is 1. The van der Waals surface area contributed by atoms with E-state index in [1.807, 2.05) is 38.1 Å². The van der Waals surface area contributed by atoms with E-state index in [9.17, 15) is 29.4 Å². The third kappa shape index (κ3) is 11.8. The normalized spacial score (nSPS) is 23.9. The number of fused-ring (bicyclic) bond motifs is 3. The van der Waals surface area contributed by atoms with E-state index in [1.54, 1.807) is 32.0 Å². The van der Waals surface area contributed by atoms with Gasteiger partial charge in [-0.15, -0.1) is 0 Å². The van der Waals surface area contributed by atoms with E-state index in [4.69, 9.17) is 33.2 Å². The monoisotopic (exact) mass is 768 g/mol. The maximum atomic E-state index is 13.9. The van der Waals surface area contributed by atoms with E-state index < -0.39 is 66.6 Å². The van der Waals surface area contributed by atoms with Gasteiger partial charge in [-0.2, -0.15) is 0 Å². The van der Waals surface area contributed by atoms with Gasteiger partial charge in [0.25, 0.3) is 0 Å². The number of carbonyl (C=O) groups is 4. The molecule has 0 radical (unpaired) electrons. The van der Waals surface area contributed by atoms with Gasteiger partial charge in [0.2, 0.25) is 5.79 Å². The van der Waals surface area contributed by atoms with Crippen LogP contribution in [0.1, 0.15) is 103 Å². The maximum Gasteiger partial charge on any atom is 0.341 e. The summed E-state index contributed by atoms with van der Waals surface area (Å²) in [5.41, 5.74) is 0.188. The lowest BCUT2D eigenvalue weighted by atomic mass is 9.75. The highest BCUT2D eigenvalue weighted by Gasteiger charge is 2.59. The van der Waals surface area contributed by atoms with Crippen LogP contribution in [0.3, 0.4) is 0 Å². The minimum absolute atomic E-state index is 0.00482. The van der Waals surface area contributed by atoms with E-state index >= 15 is 0 Å². The fraction of sp³-hybridized carbons (Fsp3) is 0.571. The molecular weight excluding hydrogens is 712 g/mol. The molecule has 0 spiro atoms. The van der Waals surface area contributed by atoms with Gasteiger partial charge in [-0.3, -0.25) is 9.59 Å². The molecule has 2 aliphatic rings. The van der Waals surface area contributed by atoms with Crippen LogP contribution in [0, 0.1) is 5.41 Å². The summed E-state index contributed by atoms with van der Waals surface area (Å²) in [7, 11) is 1.19. The van der Waals surface area contributed by atoms with Crippen molar-refractivity contribution >= 4 is 23.9 Å². The average Bonchev–Trinajstić information content (AvgIpc) is 3.14. The Morgan fingerprint density at radius 3 is 2.38 bits per heavy atom. The van der Waals surface area contributed by atoms with E-state index in [0.29, 0.717) is 17.7 Å². The standard InChI is InChI=1S/C42H56O13/c1-7-8-9-10-11-12-36(44)54-39-30(23-38(46)49-6)21-32-24-33(25-43)53-37(45)19-20-50-35-18-15-29(28-13-16-31(17-14-28)52-27(2)3)22-34(35)40(47)51-26-41(4,5)42(39,48)55-32/h13-18,22-23,27,32-33,39,43,48H,7-12,19-21,24-26H2,1-6H3/b30-23+/t32-,33+,39-,42+/m0/s1. The fourth-order valence-electron chi connectivity index (χ4n) is 6.55. The van der Waals surface area contributed by atoms with Crippen LogP contribution in [0.25, 0.3) is 11.1 Å². The largest absolute Gasteiger partial charge is 0.492 e. The lowest BCUT2D eigenvalue weighted by Crippen LogP contribution is -2.63. The average molecular weight is 769 g/mol. The number of methoxy groups -OCH3 is 1. The van der Waals surface area contributed by atoms with Crippen LogP contribution in [0.15, 0.2) is 54.1 Å². The van der Waals surface area contributed by atoms with Crippen LogP contribution in [-0.4, -0.2) is 91.2 Å².